The first-order chi connectivity index (χ1) is 8.90. The van der Waals surface area contributed by atoms with Crippen molar-refractivity contribution in [3.63, 3.8) is 0 Å². The first-order valence-electron chi connectivity index (χ1n) is 5.64. The van der Waals surface area contributed by atoms with E-state index in [0.29, 0.717) is 12.1 Å². The molecule has 0 unspecified atom stereocenters. The van der Waals surface area contributed by atoms with E-state index in [2.05, 4.69) is 4.98 Å². The predicted molar refractivity (Wildman–Crippen MR) is 74.8 cm³/mol. The van der Waals surface area contributed by atoms with E-state index in [1.807, 2.05) is 7.05 Å². The number of imidazole rings is 1. The molecule has 1 heterocycles. The lowest BCUT2D eigenvalue weighted by Crippen LogP contribution is -2.12. The largest absolute Gasteiger partial charge is 0.398 e. The molecule has 0 atom stereocenters. The maximum atomic E-state index is 12.2. The lowest BCUT2D eigenvalue weighted by Gasteiger charge is -2.06. The van der Waals surface area contributed by atoms with Crippen LogP contribution in [0.4, 0.5) is 5.69 Å². The maximum absolute atomic E-state index is 12.2. The number of nitrogens with two attached hydrogens (primary N) is 1. The quantitative estimate of drug-likeness (QED) is 0.871. The van der Waals surface area contributed by atoms with Crippen molar-refractivity contribution in [1.29, 1.82) is 0 Å². The average Bonchev–Trinajstić information content (AvgIpc) is 2.76. The standard InChI is InChI=1S/C12H14ClN3O2S/c1-16-6-5-15-12(16)4-7-19(17,18)9-2-3-11(14)10(13)8-9/h2-3,5-6,8H,4,7,14H2,1H3. The Morgan fingerprint density at radius 2 is 2.16 bits per heavy atom. The molecule has 0 fully saturated rings. The molecule has 0 saturated carbocycles. The fourth-order valence-corrected chi connectivity index (χ4v) is 3.19. The SMILES string of the molecule is Cn1ccnc1CCS(=O)(=O)c1ccc(N)c(Cl)c1. The van der Waals surface area contributed by atoms with E-state index < -0.39 is 9.84 Å². The molecule has 1 aromatic heterocycles. The third kappa shape index (κ3) is 3.08. The summed E-state index contributed by atoms with van der Waals surface area (Å²) in [7, 11) is -1.56. The molecule has 0 amide bonds. The van der Waals surface area contributed by atoms with Crippen LogP contribution in [0.2, 0.25) is 5.02 Å². The zero-order valence-electron chi connectivity index (χ0n) is 10.4. The number of aromatic nitrogens is 2. The molecular formula is C12H14ClN3O2S. The van der Waals surface area contributed by atoms with Crippen molar-refractivity contribution in [2.45, 2.75) is 11.3 Å². The average molecular weight is 300 g/mol. The van der Waals surface area contributed by atoms with E-state index in [4.69, 9.17) is 17.3 Å². The second-order valence-electron chi connectivity index (χ2n) is 4.21. The molecule has 7 heteroatoms. The Labute approximate surface area is 116 Å². The predicted octanol–water partition coefficient (Wildman–Crippen LogP) is 1.67. The number of benzene rings is 1. The van der Waals surface area contributed by atoms with Crippen LogP contribution in [0.5, 0.6) is 0 Å². The molecule has 2 N–H and O–H groups in total. The second kappa shape index (κ2) is 5.22. The van der Waals surface area contributed by atoms with Gasteiger partial charge in [0.25, 0.3) is 0 Å². The lowest BCUT2D eigenvalue weighted by atomic mass is 10.3. The van der Waals surface area contributed by atoms with Crippen LogP contribution in [0.3, 0.4) is 0 Å². The van der Waals surface area contributed by atoms with Gasteiger partial charge >= 0.3 is 0 Å². The minimum Gasteiger partial charge on any atom is -0.398 e. The Kier molecular flexibility index (Phi) is 3.82. The number of aryl methyl sites for hydroxylation is 2. The van der Waals surface area contributed by atoms with Crippen molar-refractivity contribution in [2.75, 3.05) is 11.5 Å². The van der Waals surface area contributed by atoms with Crippen LogP contribution in [0, 0.1) is 0 Å². The number of sulfone groups is 1. The lowest BCUT2D eigenvalue weighted by molar-refractivity contribution is 0.594. The number of anilines is 1. The summed E-state index contributed by atoms with van der Waals surface area (Å²) >= 11 is 5.84. The fourth-order valence-electron chi connectivity index (χ4n) is 1.68. The highest BCUT2D eigenvalue weighted by molar-refractivity contribution is 7.91. The molecule has 0 bridgehead atoms. The highest BCUT2D eigenvalue weighted by Crippen LogP contribution is 2.23. The van der Waals surface area contributed by atoms with Crippen molar-refractivity contribution in [3.8, 4) is 0 Å². The summed E-state index contributed by atoms with van der Waals surface area (Å²) in [5.41, 5.74) is 5.93. The zero-order chi connectivity index (χ0) is 14.0. The van der Waals surface area contributed by atoms with Gasteiger partial charge in [-0.3, -0.25) is 0 Å². The first-order valence-corrected chi connectivity index (χ1v) is 7.67. The Morgan fingerprint density at radius 1 is 1.42 bits per heavy atom. The summed E-state index contributed by atoms with van der Waals surface area (Å²) in [6, 6.07) is 4.34. The second-order valence-corrected chi connectivity index (χ2v) is 6.72. The maximum Gasteiger partial charge on any atom is 0.178 e. The fraction of sp³-hybridized carbons (Fsp3) is 0.250. The number of halogens is 1. The highest BCUT2D eigenvalue weighted by Gasteiger charge is 2.16. The van der Waals surface area contributed by atoms with Gasteiger partial charge < -0.3 is 10.3 Å². The number of hydrogen-bond acceptors (Lipinski definition) is 4. The van der Waals surface area contributed by atoms with Crippen molar-refractivity contribution < 1.29 is 8.42 Å². The third-order valence-corrected chi connectivity index (χ3v) is 4.89. The molecule has 0 aliphatic heterocycles. The molecule has 2 rings (SSSR count). The van der Waals surface area contributed by atoms with Crippen molar-refractivity contribution in [2.24, 2.45) is 7.05 Å². The van der Waals surface area contributed by atoms with E-state index in [0.717, 1.165) is 5.82 Å². The Morgan fingerprint density at radius 3 is 2.74 bits per heavy atom. The Balaban J connectivity index is 2.18. The van der Waals surface area contributed by atoms with E-state index in [9.17, 15) is 8.42 Å². The van der Waals surface area contributed by atoms with Gasteiger partial charge in [-0.05, 0) is 18.2 Å². The summed E-state index contributed by atoms with van der Waals surface area (Å²) in [5.74, 6) is 0.711. The summed E-state index contributed by atoms with van der Waals surface area (Å²) < 4.78 is 26.1. The van der Waals surface area contributed by atoms with Gasteiger partial charge in [0.15, 0.2) is 9.84 Å². The molecule has 0 aliphatic carbocycles. The van der Waals surface area contributed by atoms with Crippen LogP contribution in [-0.2, 0) is 23.3 Å². The summed E-state index contributed by atoms with van der Waals surface area (Å²) in [5, 5.41) is 0.248. The molecule has 1 aromatic carbocycles. The van der Waals surface area contributed by atoms with Crippen LogP contribution in [-0.4, -0.2) is 23.7 Å². The summed E-state index contributed by atoms with van der Waals surface area (Å²) in [4.78, 5) is 4.28. The summed E-state index contributed by atoms with van der Waals surface area (Å²) in [6.45, 7) is 0. The molecule has 102 valence electrons. The molecule has 0 aliphatic rings. The first kappa shape index (κ1) is 13.9. The van der Waals surface area contributed by atoms with E-state index >= 15 is 0 Å². The summed E-state index contributed by atoms with van der Waals surface area (Å²) in [6.07, 6.45) is 3.78. The van der Waals surface area contributed by atoms with Crippen LogP contribution in [0.1, 0.15) is 5.82 Å². The number of rotatable bonds is 4. The Bertz CT molecular complexity index is 695. The van der Waals surface area contributed by atoms with Gasteiger partial charge in [0.05, 0.1) is 21.4 Å². The molecule has 0 spiro atoms. The number of nitrogens with zero attached hydrogens (tertiary/aromatic N) is 2. The van der Waals surface area contributed by atoms with Crippen molar-refractivity contribution in [1.82, 2.24) is 9.55 Å². The minimum atomic E-state index is -3.39. The van der Waals surface area contributed by atoms with E-state index in [-0.39, 0.29) is 15.7 Å². The molecule has 2 aromatic rings. The number of hydrogen-bond donors (Lipinski definition) is 1. The smallest absolute Gasteiger partial charge is 0.178 e. The van der Waals surface area contributed by atoms with Gasteiger partial charge in [-0.25, -0.2) is 13.4 Å². The van der Waals surface area contributed by atoms with Gasteiger partial charge in [0.2, 0.25) is 0 Å². The van der Waals surface area contributed by atoms with Gasteiger partial charge in [0.1, 0.15) is 5.82 Å². The van der Waals surface area contributed by atoms with Crippen LogP contribution >= 0.6 is 11.6 Å². The highest BCUT2D eigenvalue weighted by atomic mass is 35.5. The van der Waals surface area contributed by atoms with E-state index in [1.54, 1.807) is 17.0 Å². The minimum absolute atomic E-state index is 0.0158. The van der Waals surface area contributed by atoms with Gasteiger partial charge in [-0.15, -0.1) is 0 Å². The monoisotopic (exact) mass is 299 g/mol. The normalized spacial score (nSPS) is 11.7. The topological polar surface area (TPSA) is 78.0 Å². The van der Waals surface area contributed by atoms with Gasteiger partial charge in [-0.1, -0.05) is 11.6 Å². The van der Waals surface area contributed by atoms with Crippen molar-refractivity contribution in [3.05, 3.63) is 41.4 Å². The van der Waals surface area contributed by atoms with Gasteiger partial charge in [0, 0.05) is 25.9 Å². The Hall–Kier alpha value is -1.53. The molecule has 5 nitrogen and oxygen atoms in total. The van der Waals surface area contributed by atoms with Crippen molar-refractivity contribution >= 4 is 27.1 Å². The molecule has 0 radical (unpaired) electrons. The van der Waals surface area contributed by atoms with Gasteiger partial charge in [-0.2, -0.15) is 0 Å². The third-order valence-electron chi connectivity index (χ3n) is 2.85. The van der Waals surface area contributed by atoms with Crippen LogP contribution in [0.15, 0.2) is 35.5 Å². The molecule has 0 saturated heterocycles. The van der Waals surface area contributed by atoms with Crippen LogP contribution < -0.4 is 5.73 Å². The molecule has 19 heavy (non-hydrogen) atoms. The van der Waals surface area contributed by atoms with E-state index in [1.165, 1.54) is 18.2 Å². The number of nitrogen functional groups attached to an aromatic ring is 1. The van der Waals surface area contributed by atoms with Crippen LogP contribution in [0.25, 0.3) is 0 Å². The molecular weight excluding hydrogens is 286 g/mol. The zero-order valence-corrected chi connectivity index (χ0v) is 11.9.